The van der Waals surface area contributed by atoms with Gasteiger partial charge in [-0.05, 0) is 0 Å². The molecule has 2 rings (SSSR count). The van der Waals surface area contributed by atoms with Gasteiger partial charge in [0.05, 0.1) is 17.8 Å². The van der Waals surface area contributed by atoms with Gasteiger partial charge >= 0.3 is 5.97 Å². The van der Waals surface area contributed by atoms with Crippen molar-refractivity contribution in [3.05, 3.63) is 40.7 Å². The van der Waals surface area contributed by atoms with Crippen molar-refractivity contribution >= 4 is 28.1 Å². The van der Waals surface area contributed by atoms with Crippen molar-refractivity contribution in [2.45, 2.75) is 6.42 Å². The Bertz CT molecular complexity index is 630. The van der Waals surface area contributed by atoms with Gasteiger partial charge in [0.25, 0.3) is 0 Å². The van der Waals surface area contributed by atoms with Crippen molar-refractivity contribution in [1.29, 1.82) is 0 Å². The van der Waals surface area contributed by atoms with E-state index < -0.39 is 23.4 Å². The fraction of sp³-hybridized carbons (Fsp3) is 0.0909. The number of aliphatic carboxylic acids is 1. The zero-order chi connectivity index (χ0) is 14.0. The molecule has 0 saturated carbocycles. The summed E-state index contributed by atoms with van der Waals surface area (Å²) in [4.78, 5) is 14.3. The molecule has 0 fully saturated rings. The van der Waals surface area contributed by atoms with Crippen LogP contribution in [0.4, 0.5) is 24.0 Å². The number of aromatic nitrogens is 1. The normalized spacial score (nSPS) is 10.5. The summed E-state index contributed by atoms with van der Waals surface area (Å²) in [7, 11) is 0. The Morgan fingerprint density at radius 1 is 1.26 bits per heavy atom. The number of hydrogen-bond donors (Lipinski definition) is 2. The monoisotopic (exact) mass is 288 g/mol. The summed E-state index contributed by atoms with van der Waals surface area (Å²) in [5, 5.41) is 12.7. The molecular weight excluding hydrogens is 281 g/mol. The lowest BCUT2D eigenvalue weighted by Crippen LogP contribution is -2.01. The van der Waals surface area contributed by atoms with Gasteiger partial charge in [0.2, 0.25) is 0 Å². The third-order valence-electron chi connectivity index (χ3n) is 2.14. The summed E-state index contributed by atoms with van der Waals surface area (Å²) in [5.74, 6) is -4.48. The number of thiazole rings is 1. The SMILES string of the molecule is O=C(O)Cc1csc(Nc2cc(F)c(F)cc2F)n1. The minimum Gasteiger partial charge on any atom is -0.481 e. The lowest BCUT2D eigenvalue weighted by atomic mass is 10.3. The first kappa shape index (κ1) is 13.3. The van der Waals surface area contributed by atoms with Gasteiger partial charge in [-0.25, -0.2) is 18.2 Å². The number of carboxylic acids is 1. The molecule has 19 heavy (non-hydrogen) atoms. The molecule has 8 heteroatoms. The number of benzene rings is 1. The van der Waals surface area contributed by atoms with E-state index in [1.165, 1.54) is 5.38 Å². The maximum absolute atomic E-state index is 13.3. The number of rotatable bonds is 4. The highest BCUT2D eigenvalue weighted by Crippen LogP contribution is 2.25. The van der Waals surface area contributed by atoms with E-state index in [1.54, 1.807) is 0 Å². The van der Waals surface area contributed by atoms with Gasteiger partial charge < -0.3 is 10.4 Å². The molecule has 4 nitrogen and oxygen atoms in total. The second-order valence-electron chi connectivity index (χ2n) is 3.59. The van der Waals surface area contributed by atoms with E-state index in [0.717, 1.165) is 11.3 Å². The van der Waals surface area contributed by atoms with Crippen LogP contribution >= 0.6 is 11.3 Å². The van der Waals surface area contributed by atoms with E-state index in [-0.39, 0.29) is 17.2 Å². The number of carboxylic acid groups (broad SMARTS) is 1. The van der Waals surface area contributed by atoms with Crippen molar-refractivity contribution < 1.29 is 23.1 Å². The molecule has 2 aromatic rings. The summed E-state index contributed by atoms with van der Waals surface area (Å²) in [6.45, 7) is 0. The topological polar surface area (TPSA) is 62.2 Å². The van der Waals surface area contributed by atoms with Crippen LogP contribution in [0.3, 0.4) is 0 Å². The Morgan fingerprint density at radius 3 is 2.63 bits per heavy atom. The molecule has 0 amide bonds. The standard InChI is InChI=1S/C11H7F3N2O2S/c12-6-2-8(14)9(3-7(6)13)16-11-15-5(4-19-11)1-10(17)18/h2-4H,1H2,(H,15,16)(H,17,18). The molecule has 0 aliphatic carbocycles. The molecule has 0 spiro atoms. The highest BCUT2D eigenvalue weighted by molar-refractivity contribution is 7.13. The Labute approximate surface area is 109 Å². The van der Waals surface area contributed by atoms with Crippen LogP contribution in [-0.4, -0.2) is 16.1 Å². The summed E-state index contributed by atoms with van der Waals surface area (Å²) >= 11 is 1.04. The average Bonchev–Trinajstić information content (AvgIpc) is 2.72. The van der Waals surface area contributed by atoms with Gasteiger partial charge in [0.15, 0.2) is 16.8 Å². The molecule has 0 unspecified atom stereocenters. The lowest BCUT2D eigenvalue weighted by Gasteiger charge is -2.04. The lowest BCUT2D eigenvalue weighted by molar-refractivity contribution is -0.136. The molecule has 0 aliphatic rings. The second-order valence-corrected chi connectivity index (χ2v) is 4.44. The molecule has 2 N–H and O–H groups in total. The second kappa shape index (κ2) is 5.27. The molecule has 1 heterocycles. The number of halogens is 3. The predicted octanol–water partition coefficient (Wildman–Crippen LogP) is 2.93. The molecule has 0 saturated heterocycles. The smallest absolute Gasteiger partial charge is 0.309 e. The van der Waals surface area contributed by atoms with E-state index in [1.807, 2.05) is 0 Å². The van der Waals surface area contributed by atoms with E-state index in [9.17, 15) is 18.0 Å². The van der Waals surface area contributed by atoms with Gasteiger partial charge in [-0.3, -0.25) is 4.79 Å². The minimum absolute atomic E-state index is 0.196. The molecule has 0 atom stereocenters. The van der Waals surface area contributed by atoms with Crippen LogP contribution in [-0.2, 0) is 11.2 Å². The summed E-state index contributed by atoms with van der Waals surface area (Å²) < 4.78 is 39.0. The predicted molar refractivity (Wildman–Crippen MR) is 63.1 cm³/mol. The number of nitrogens with zero attached hydrogens (tertiary/aromatic N) is 1. The van der Waals surface area contributed by atoms with E-state index in [2.05, 4.69) is 10.3 Å². The molecule has 0 radical (unpaired) electrons. The Hall–Kier alpha value is -2.09. The van der Waals surface area contributed by atoms with Crippen molar-refractivity contribution in [2.75, 3.05) is 5.32 Å². The molecule has 100 valence electrons. The van der Waals surface area contributed by atoms with Crippen molar-refractivity contribution in [3.63, 3.8) is 0 Å². The average molecular weight is 288 g/mol. The van der Waals surface area contributed by atoms with Gasteiger partial charge in [-0.1, -0.05) is 0 Å². The summed E-state index contributed by atoms with van der Waals surface area (Å²) in [6.07, 6.45) is -0.265. The first-order valence-electron chi connectivity index (χ1n) is 5.03. The van der Waals surface area contributed by atoms with Crippen LogP contribution in [0, 0.1) is 17.5 Å². The van der Waals surface area contributed by atoms with Crippen LogP contribution in [0.5, 0.6) is 0 Å². The van der Waals surface area contributed by atoms with E-state index >= 15 is 0 Å². The zero-order valence-corrected chi connectivity index (χ0v) is 10.1. The molecule has 1 aromatic carbocycles. The van der Waals surface area contributed by atoms with Gasteiger partial charge in [0, 0.05) is 17.5 Å². The quantitative estimate of drug-likeness (QED) is 0.849. The minimum atomic E-state index is -1.28. The maximum Gasteiger partial charge on any atom is 0.309 e. The third-order valence-corrected chi connectivity index (χ3v) is 2.94. The fourth-order valence-electron chi connectivity index (χ4n) is 1.33. The number of carbonyl (C=O) groups is 1. The van der Waals surface area contributed by atoms with Crippen LogP contribution in [0.15, 0.2) is 17.5 Å². The first-order chi connectivity index (χ1) is 8.95. The van der Waals surface area contributed by atoms with Gasteiger partial charge in [-0.15, -0.1) is 11.3 Å². The summed E-state index contributed by atoms with van der Waals surface area (Å²) in [5.41, 5.74) is 0.0260. The Kier molecular flexibility index (Phi) is 3.70. The van der Waals surface area contributed by atoms with Gasteiger partial charge in [-0.2, -0.15) is 0 Å². The van der Waals surface area contributed by atoms with Crippen molar-refractivity contribution in [1.82, 2.24) is 4.98 Å². The fourth-order valence-corrected chi connectivity index (χ4v) is 2.06. The van der Waals surface area contributed by atoms with Crippen LogP contribution < -0.4 is 5.32 Å². The van der Waals surface area contributed by atoms with Crippen LogP contribution in [0.2, 0.25) is 0 Å². The number of nitrogens with one attached hydrogen (secondary N) is 1. The Morgan fingerprint density at radius 2 is 1.95 bits per heavy atom. The van der Waals surface area contributed by atoms with E-state index in [4.69, 9.17) is 5.11 Å². The molecule has 0 bridgehead atoms. The van der Waals surface area contributed by atoms with Crippen LogP contribution in [0.25, 0.3) is 0 Å². The Balaban J connectivity index is 2.19. The zero-order valence-electron chi connectivity index (χ0n) is 9.28. The molecular formula is C11H7F3N2O2S. The maximum atomic E-state index is 13.3. The highest BCUT2D eigenvalue weighted by Gasteiger charge is 2.12. The van der Waals surface area contributed by atoms with Gasteiger partial charge in [0.1, 0.15) is 5.82 Å². The van der Waals surface area contributed by atoms with E-state index in [0.29, 0.717) is 17.8 Å². The van der Waals surface area contributed by atoms with Crippen molar-refractivity contribution in [2.24, 2.45) is 0 Å². The summed E-state index contributed by atoms with van der Waals surface area (Å²) in [6, 6.07) is 1.09. The number of anilines is 2. The molecule has 0 aliphatic heterocycles. The van der Waals surface area contributed by atoms with Crippen molar-refractivity contribution in [3.8, 4) is 0 Å². The highest BCUT2D eigenvalue weighted by atomic mass is 32.1. The third kappa shape index (κ3) is 3.22. The first-order valence-corrected chi connectivity index (χ1v) is 5.91. The van der Waals surface area contributed by atoms with Crippen LogP contribution in [0.1, 0.15) is 5.69 Å². The molecule has 1 aromatic heterocycles. The largest absolute Gasteiger partial charge is 0.481 e. The number of hydrogen-bond acceptors (Lipinski definition) is 4.